The van der Waals surface area contributed by atoms with Crippen molar-refractivity contribution in [3.05, 3.63) is 0 Å². The highest BCUT2D eigenvalue weighted by atomic mass is 32.3. The number of likely N-dealkylation sites (tertiary alicyclic amines) is 1. The second kappa shape index (κ2) is 8.63. The predicted octanol–water partition coefficient (Wildman–Crippen LogP) is 2.76. The molecule has 0 aromatic carbocycles. The summed E-state index contributed by atoms with van der Waals surface area (Å²) in [5, 5.41) is -4.99. The zero-order valence-corrected chi connectivity index (χ0v) is 17.2. The fourth-order valence-electron chi connectivity index (χ4n) is 2.42. The summed E-state index contributed by atoms with van der Waals surface area (Å²) in [5.41, 5.74) is 0. The number of rotatable bonds is 7. The molecule has 1 saturated heterocycles. The summed E-state index contributed by atoms with van der Waals surface area (Å²) in [6, 6.07) is 0. The third kappa shape index (κ3) is 4.47. The van der Waals surface area contributed by atoms with Crippen molar-refractivity contribution in [2.24, 2.45) is 0 Å². The number of hydrogen-bond donors (Lipinski definition) is 1. The van der Waals surface area contributed by atoms with Crippen LogP contribution < -0.4 is 0 Å². The number of hydrogen-bond acceptors (Lipinski definition) is 6. The summed E-state index contributed by atoms with van der Waals surface area (Å²) < 4.78 is 187. The van der Waals surface area contributed by atoms with E-state index in [9.17, 15) is 69.9 Å². The van der Waals surface area contributed by atoms with E-state index in [4.69, 9.17) is 5.21 Å². The molecule has 0 aliphatic carbocycles. The molecule has 8 nitrogen and oxygen atoms in total. The van der Waals surface area contributed by atoms with Crippen molar-refractivity contribution in [1.29, 1.82) is 0 Å². The van der Waals surface area contributed by atoms with Gasteiger partial charge in [0.1, 0.15) is 0 Å². The lowest BCUT2D eigenvalue weighted by molar-refractivity contribution is -0.382. The van der Waals surface area contributed by atoms with Gasteiger partial charge in [0.05, 0.1) is 0 Å². The molecule has 0 aromatic heterocycles. The van der Waals surface area contributed by atoms with E-state index < -0.39 is 71.4 Å². The zero-order valence-electron chi connectivity index (χ0n) is 15.6. The summed E-state index contributed by atoms with van der Waals surface area (Å²) in [5.74, 6) is -18.7. The summed E-state index contributed by atoms with van der Waals surface area (Å²) >= 11 is 0. The van der Waals surface area contributed by atoms with Crippen molar-refractivity contribution in [1.82, 2.24) is 8.77 Å². The van der Waals surface area contributed by atoms with Crippen LogP contribution in [0.4, 0.5) is 48.3 Å². The van der Waals surface area contributed by atoms with Gasteiger partial charge in [-0.3, -0.25) is 10.0 Å². The number of amides is 1. The Morgan fingerprint density at radius 3 is 1.45 bits per heavy atom. The van der Waals surface area contributed by atoms with Gasteiger partial charge in [-0.25, -0.2) is 16.8 Å². The Morgan fingerprint density at radius 1 is 0.697 bits per heavy atom. The highest BCUT2D eigenvalue weighted by Gasteiger charge is 2.86. The van der Waals surface area contributed by atoms with Gasteiger partial charge >= 0.3 is 54.5 Å². The maximum atomic E-state index is 14.2. The number of nitrogens with zero attached hydrogens (tertiary/aromatic N) is 2. The van der Waals surface area contributed by atoms with Crippen molar-refractivity contribution in [3.8, 4) is 0 Å². The molecule has 1 fully saturated rings. The first-order chi connectivity index (χ1) is 14.4. The third-order valence-electron chi connectivity index (χ3n) is 4.32. The minimum atomic E-state index is -8.37. The molecular weight excluding hydrogens is 541 g/mol. The summed E-state index contributed by atoms with van der Waals surface area (Å²) in [7, 11) is -16.0. The first-order valence-corrected chi connectivity index (χ1v) is 11.2. The predicted molar refractivity (Wildman–Crippen MR) is 82.4 cm³/mol. The maximum Gasteiger partial charge on any atom is 0.460 e. The van der Waals surface area contributed by atoms with Gasteiger partial charge in [0, 0.05) is 17.0 Å². The molecule has 1 aliphatic rings. The Hall–Kier alpha value is -1.48. The zero-order chi connectivity index (χ0) is 26.5. The van der Waals surface area contributed by atoms with Crippen LogP contribution in [0.15, 0.2) is 0 Å². The molecule has 0 aromatic rings. The number of alkyl halides is 11. The lowest BCUT2D eigenvalue weighted by atomic mass is 10.1. The number of carbonyl (C=O) groups excluding carboxylic acids is 1. The van der Waals surface area contributed by atoms with Crippen molar-refractivity contribution in [2.75, 3.05) is 13.1 Å². The van der Waals surface area contributed by atoms with E-state index >= 15 is 0 Å². The number of sulfonamides is 2. The molecule has 1 amide bonds. The van der Waals surface area contributed by atoms with E-state index in [2.05, 4.69) is 0 Å². The van der Waals surface area contributed by atoms with Gasteiger partial charge in [-0.1, -0.05) is 12.8 Å². The van der Waals surface area contributed by atoms with E-state index in [1.54, 1.807) is 0 Å². The van der Waals surface area contributed by atoms with Crippen LogP contribution in [0.1, 0.15) is 25.7 Å². The Balaban J connectivity index is 3.50. The molecule has 0 radical (unpaired) electrons. The van der Waals surface area contributed by atoms with Gasteiger partial charge in [-0.15, -0.1) is 0 Å². The van der Waals surface area contributed by atoms with Crippen LogP contribution in [0.5, 0.6) is 0 Å². The van der Waals surface area contributed by atoms with E-state index in [1.807, 2.05) is 0 Å². The lowest BCUT2D eigenvalue weighted by Crippen LogP contribution is -2.66. The average molecular weight is 554 g/mol. The van der Waals surface area contributed by atoms with Gasteiger partial charge < -0.3 is 4.90 Å². The van der Waals surface area contributed by atoms with Crippen LogP contribution in [-0.2, 0) is 24.8 Å². The minimum Gasteiger partial charge on any atom is -0.336 e. The van der Waals surface area contributed by atoms with E-state index in [-0.39, 0.29) is 17.7 Å². The largest absolute Gasteiger partial charge is 0.460 e. The highest BCUT2D eigenvalue weighted by molar-refractivity contribution is 8.05. The maximum absolute atomic E-state index is 14.2. The normalized spacial score (nSPS) is 18.4. The SMILES string of the molecule is O=C(N1CCCCCC1)C(F)(F)S(=O)(=O)N(O)S(=O)(=O)C(F)(F)C(F)(F)C(F)(F)C(F)(F)F. The Morgan fingerprint density at radius 2 is 1.09 bits per heavy atom. The molecule has 0 atom stereocenters. The monoisotopic (exact) mass is 554 g/mol. The van der Waals surface area contributed by atoms with Gasteiger partial charge in [0.25, 0.3) is 0 Å². The van der Waals surface area contributed by atoms with Crippen LogP contribution in [0.3, 0.4) is 0 Å². The lowest BCUT2D eigenvalue weighted by Gasteiger charge is -2.34. The third-order valence-corrected chi connectivity index (χ3v) is 8.04. The molecule has 1 aliphatic heterocycles. The van der Waals surface area contributed by atoms with Crippen molar-refractivity contribution < 1.29 is 75.1 Å². The molecule has 21 heteroatoms. The minimum absolute atomic E-state index is 0.0137. The molecule has 196 valence electrons. The molecule has 1 N–H and O–H groups in total. The standard InChI is InChI=1S/C12H13F11N2O6S2/c13-8(14,7(26)24-5-3-1-2-4-6-24)32(28,29)25(27)33(30,31)12(22,23)10(17,18)9(15,16)11(19,20)21/h27H,1-6H2. The quantitative estimate of drug-likeness (QED) is 0.383. The van der Waals surface area contributed by atoms with Crippen LogP contribution in [0.2, 0.25) is 0 Å². The fraction of sp³-hybridized carbons (Fsp3) is 0.917. The van der Waals surface area contributed by atoms with Crippen molar-refractivity contribution in [3.63, 3.8) is 0 Å². The summed E-state index contributed by atoms with van der Waals surface area (Å²) in [4.78, 5) is 12.0. The number of carbonyl (C=O) groups is 1. The van der Waals surface area contributed by atoms with Crippen LogP contribution in [0, 0.1) is 0 Å². The van der Waals surface area contributed by atoms with E-state index in [1.165, 1.54) is 0 Å². The molecule has 0 spiro atoms. The van der Waals surface area contributed by atoms with Crippen molar-refractivity contribution >= 4 is 26.0 Å². The molecule has 33 heavy (non-hydrogen) atoms. The molecule has 0 unspecified atom stereocenters. The summed E-state index contributed by atoms with van der Waals surface area (Å²) in [6.45, 7) is -1.12. The topological polar surface area (TPSA) is 112 Å². The Bertz CT molecular complexity index is 957. The second-order valence-electron chi connectivity index (χ2n) is 6.57. The Kier molecular flexibility index (Phi) is 7.73. The first-order valence-electron chi connectivity index (χ1n) is 8.28. The second-order valence-corrected chi connectivity index (χ2v) is 10.4. The summed E-state index contributed by atoms with van der Waals surface area (Å²) in [6.07, 6.45) is -6.80. The fourth-order valence-corrected chi connectivity index (χ4v) is 5.21. The molecule has 0 saturated carbocycles. The van der Waals surface area contributed by atoms with Gasteiger partial charge in [0.15, 0.2) is 0 Å². The van der Waals surface area contributed by atoms with Gasteiger partial charge in [-0.2, -0.15) is 48.3 Å². The Labute approximate surface area is 178 Å². The van der Waals surface area contributed by atoms with E-state index in [0.717, 1.165) is 0 Å². The van der Waals surface area contributed by atoms with Crippen molar-refractivity contribution in [2.45, 2.75) is 54.2 Å². The average Bonchev–Trinajstić information content (AvgIpc) is 2.94. The van der Waals surface area contributed by atoms with Crippen LogP contribution in [-0.4, -0.2) is 78.3 Å². The molecular formula is C12H13F11N2O6S2. The first kappa shape index (κ1) is 29.6. The number of halogens is 11. The van der Waals surface area contributed by atoms with E-state index in [0.29, 0.717) is 12.8 Å². The van der Waals surface area contributed by atoms with Gasteiger partial charge in [0.2, 0.25) is 0 Å². The van der Waals surface area contributed by atoms with Crippen LogP contribution >= 0.6 is 0 Å². The molecule has 1 rings (SSSR count). The molecule has 1 heterocycles. The van der Waals surface area contributed by atoms with Crippen LogP contribution in [0.25, 0.3) is 0 Å². The highest BCUT2D eigenvalue weighted by Crippen LogP contribution is 2.55. The smallest absolute Gasteiger partial charge is 0.336 e. The molecule has 0 bridgehead atoms. The van der Waals surface area contributed by atoms with Gasteiger partial charge in [-0.05, 0) is 12.8 Å².